The molecule has 13 heavy (non-hydrogen) atoms. The first-order valence-corrected chi connectivity index (χ1v) is 4.66. The maximum atomic E-state index is 12.3. The number of hydrogen-bond acceptors (Lipinski definition) is 1. The second-order valence-corrected chi connectivity index (χ2v) is 3.34. The summed E-state index contributed by atoms with van der Waals surface area (Å²) in [7, 11) is 0. The highest BCUT2D eigenvalue weighted by molar-refractivity contribution is 4.84. The molecule has 80 valence electrons. The van der Waals surface area contributed by atoms with Gasteiger partial charge in [-0.25, -0.2) is 0 Å². The predicted molar refractivity (Wildman–Crippen MR) is 45.4 cm³/mol. The van der Waals surface area contributed by atoms with Crippen molar-refractivity contribution in [3.8, 4) is 0 Å². The third-order valence-corrected chi connectivity index (χ3v) is 2.31. The van der Waals surface area contributed by atoms with Gasteiger partial charge < -0.3 is 5.11 Å². The Bertz CT molecular complexity index is 144. The zero-order valence-electron chi connectivity index (χ0n) is 8.12. The summed E-state index contributed by atoms with van der Waals surface area (Å²) in [5, 5.41) is 9.26. The van der Waals surface area contributed by atoms with Gasteiger partial charge in [-0.15, -0.1) is 0 Å². The SMILES string of the molecule is CCCCCC(O)(CC)C(F)(F)F. The van der Waals surface area contributed by atoms with Crippen LogP contribution in [0.3, 0.4) is 0 Å². The van der Waals surface area contributed by atoms with Crippen LogP contribution in [0.25, 0.3) is 0 Å². The molecule has 0 aromatic rings. The smallest absolute Gasteiger partial charge is 0.380 e. The van der Waals surface area contributed by atoms with Gasteiger partial charge in [-0.3, -0.25) is 0 Å². The van der Waals surface area contributed by atoms with Crippen LogP contribution in [0.15, 0.2) is 0 Å². The van der Waals surface area contributed by atoms with Crippen molar-refractivity contribution in [2.24, 2.45) is 0 Å². The van der Waals surface area contributed by atoms with Gasteiger partial charge in [0.2, 0.25) is 0 Å². The Morgan fingerprint density at radius 1 is 1.08 bits per heavy atom. The maximum absolute atomic E-state index is 12.3. The van der Waals surface area contributed by atoms with E-state index in [1.807, 2.05) is 6.92 Å². The topological polar surface area (TPSA) is 20.2 Å². The highest BCUT2D eigenvalue weighted by atomic mass is 19.4. The van der Waals surface area contributed by atoms with Crippen molar-refractivity contribution in [1.82, 2.24) is 0 Å². The van der Waals surface area contributed by atoms with E-state index in [1.165, 1.54) is 6.92 Å². The molecule has 0 aliphatic heterocycles. The van der Waals surface area contributed by atoms with Gasteiger partial charge in [0.05, 0.1) is 0 Å². The number of halogens is 3. The fourth-order valence-corrected chi connectivity index (χ4v) is 1.19. The molecule has 0 saturated heterocycles. The molecule has 0 spiro atoms. The summed E-state index contributed by atoms with van der Waals surface area (Å²) in [4.78, 5) is 0. The van der Waals surface area contributed by atoms with Crippen molar-refractivity contribution >= 4 is 0 Å². The molecule has 0 aromatic carbocycles. The van der Waals surface area contributed by atoms with Crippen molar-refractivity contribution in [3.05, 3.63) is 0 Å². The highest BCUT2D eigenvalue weighted by Crippen LogP contribution is 2.36. The van der Waals surface area contributed by atoms with Gasteiger partial charge in [0.25, 0.3) is 0 Å². The molecule has 0 amide bonds. The fraction of sp³-hybridized carbons (Fsp3) is 1.00. The molecule has 0 saturated carbocycles. The number of hydrogen-bond donors (Lipinski definition) is 1. The summed E-state index contributed by atoms with van der Waals surface area (Å²) in [5.41, 5.74) is -2.47. The lowest BCUT2D eigenvalue weighted by Gasteiger charge is -2.29. The van der Waals surface area contributed by atoms with E-state index in [0.717, 1.165) is 12.8 Å². The molecule has 4 heteroatoms. The van der Waals surface area contributed by atoms with Crippen LogP contribution in [-0.4, -0.2) is 16.9 Å². The van der Waals surface area contributed by atoms with Crippen molar-refractivity contribution in [1.29, 1.82) is 0 Å². The predicted octanol–water partition coefficient (Wildman–Crippen LogP) is 3.27. The van der Waals surface area contributed by atoms with Crippen LogP contribution in [0.4, 0.5) is 13.2 Å². The van der Waals surface area contributed by atoms with Crippen LogP contribution in [0.5, 0.6) is 0 Å². The molecule has 1 nitrogen and oxygen atoms in total. The van der Waals surface area contributed by atoms with Gasteiger partial charge in [0.15, 0.2) is 5.60 Å². The minimum Gasteiger partial charge on any atom is -0.380 e. The van der Waals surface area contributed by atoms with Crippen LogP contribution in [0.1, 0.15) is 46.0 Å². The fourth-order valence-electron chi connectivity index (χ4n) is 1.19. The normalized spacial score (nSPS) is 17.1. The molecule has 0 radical (unpaired) electrons. The van der Waals surface area contributed by atoms with Crippen LogP contribution < -0.4 is 0 Å². The van der Waals surface area contributed by atoms with Crippen LogP contribution >= 0.6 is 0 Å². The lowest BCUT2D eigenvalue weighted by atomic mass is 9.93. The van der Waals surface area contributed by atoms with Gasteiger partial charge in [0.1, 0.15) is 0 Å². The average Bonchev–Trinajstić information content (AvgIpc) is 2.02. The summed E-state index contributed by atoms with van der Waals surface area (Å²) >= 11 is 0. The number of rotatable bonds is 5. The summed E-state index contributed by atoms with van der Waals surface area (Å²) < 4.78 is 36.8. The minimum atomic E-state index is -4.49. The van der Waals surface area contributed by atoms with E-state index < -0.39 is 11.8 Å². The van der Waals surface area contributed by atoms with E-state index in [1.54, 1.807) is 0 Å². The Morgan fingerprint density at radius 3 is 1.92 bits per heavy atom. The Hall–Kier alpha value is -0.250. The monoisotopic (exact) mass is 198 g/mol. The minimum absolute atomic E-state index is 0.180. The molecule has 0 bridgehead atoms. The lowest BCUT2D eigenvalue weighted by Crippen LogP contribution is -2.44. The summed E-state index contributed by atoms with van der Waals surface area (Å²) in [6.45, 7) is 3.28. The number of unbranched alkanes of at least 4 members (excludes halogenated alkanes) is 2. The second kappa shape index (κ2) is 4.84. The van der Waals surface area contributed by atoms with Gasteiger partial charge in [-0.2, -0.15) is 13.2 Å². The van der Waals surface area contributed by atoms with Crippen molar-refractivity contribution in [3.63, 3.8) is 0 Å². The summed E-state index contributed by atoms with van der Waals surface area (Å²) in [6, 6.07) is 0. The van der Waals surface area contributed by atoms with Gasteiger partial charge >= 0.3 is 6.18 Å². The van der Waals surface area contributed by atoms with Crippen molar-refractivity contribution in [2.75, 3.05) is 0 Å². The molecule has 0 fully saturated rings. The molecular weight excluding hydrogens is 181 g/mol. The number of aliphatic hydroxyl groups is 1. The van der Waals surface area contributed by atoms with E-state index in [-0.39, 0.29) is 12.8 Å². The Kier molecular flexibility index (Phi) is 4.75. The highest BCUT2D eigenvalue weighted by Gasteiger charge is 2.51. The largest absolute Gasteiger partial charge is 0.417 e. The van der Waals surface area contributed by atoms with Gasteiger partial charge in [-0.1, -0.05) is 33.1 Å². The second-order valence-electron chi connectivity index (χ2n) is 3.34. The standard InChI is InChI=1S/C9H17F3O/c1-3-5-6-7-8(13,4-2)9(10,11)12/h13H,3-7H2,1-2H3. The van der Waals surface area contributed by atoms with Gasteiger partial charge in [-0.05, 0) is 12.8 Å². The summed E-state index contributed by atoms with van der Waals surface area (Å²) in [5.74, 6) is 0. The molecule has 1 atom stereocenters. The molecule has 0 aliphatic rings. The van der Waals surface area contributed by atoms with Gasteiger partial charge in [0, 0.05) is 0 Å². The third kappa shape index (κ3) is 3.55. The first kappa shape index (κ1) is 12.8. The zero-order valence-corrected chi connectivity index (χ0v) is 8.12. The van der Waals surface area contributed by atoms with Crippen LogP contribution in [-0.2, 0) is 0 Å². The quantitative estimate of drug-likeness (QED) is 0.672. The van der Waals surface area contributed by atoms with E-state index in [2.05, 4.69) is 0 Å². The van der Waals surface area contributed by atoms with Crippen molar-refractivity contribution < 1.29 is 18.3 Å². The maximum Gasteiger partial charge on any atom is 0.417 e. The zero-order chi connectivity index (χ0) is 10.5. The molecular formula is C9H17F3O. The summed E-state index contributed by atoms with van der Waals surface area (Å²) in [6.07, 6.45) is -2.91. The Labute approximate surface area is 76.9 Å². The van der Waals surface area contributed by atoms with E-state index in [9.17, 15) is 18.3 Å². The molecule has 0 aromatic heterocycles. The van der Waals surface area contributed by atoms with Crippen molar-refractivity contribution in [2.45, 2.75) is 57.7 Å². The average molecular weight is 198 g/mol. The van der Waals surface area contributed by atoms with E-state index >= 15 is 0 Å². The van der Waals surface area contributed by atoms with Crippen LogP contribution in [0.2, 0.25) is 0 Å². The first-order valence-electron chi connectivity index (χ1n) is 4.66. The molecule has 0 heterocycles. The Balaban J connectivity index is 4.13. The number of alkyl halides is 3. The van der Waals surface area contributed by atoms with Crippen LogP contribution in [0, 0.1) is 0 Å². The Morgan fingerprint density at radius 2 is 1.62 bits per heavy atom. The lowest BCUT2D eigenvalue weighted by molar-refractivity contribution is -0.263. The molecule has 0 aliphatic carbocycles. The molecule has 1 unspecified atom stereocenters. The first-order chi connectivity index (χ1) is 5.87. The van der Waals surface area contributed by atoms with E-state index in [0.29, 0.717) is 6.42 Å². The molecule has 0 rings (SSSR count). The van der Waals surface area contributed by atoms with E-state index in [4.69, 9.17) is 0 Å². The molecule has 1 N–H and O–H groups in total. The third-order valence-electron chi connectivity index (χ3n) is 2.31.